The smallest absolute Gasteiger partial charge is 0.201 e. The van der Waals surface area contributed by atoms with E-state index in [1.54, 1.807) is 0 Å². The molecule has 2 aromatic heterocycles. The lowest BCUT2D eigenvalue weighted by Crippen LogP contribution is -2.75. The van der Waals surface area contributed by atoms with Crippen molar-refractivity contribution >= 4 is 50.8 Å². The van der Waals surface area contributed by atoms with Crippen LogP contribution in [-0.4, -0.2) is 17.6 Å². The number of para-hydroxylation sites is 2. The van der Waals surface area contributed by atoms with Crippen molar-refractivity contribution in [1.82, 2.24) is 9.55 Å². The Morgan fingerprint density at radius 2 is 0.909 bits per heavy atom. The summed E-state index contributed by atoms with van der Waals surface area (Å²) in [5.74, 6) is 0. The summed E-state index contributed by atoms with van der Waals surface area (Å²) in [7, 11) is -2.84. The van der Waals surface area contributed by atoms with Crippen LogP contribution < -0.4 is 20.9 Å². The van der Waals surface area contributed by atoms with Crippen LogP contribution in [0.2, 0.25) is 0 Å². The van der Waals surface area contributed by atoms with E-state index in [2.05, 4.69) is 187 Å². The molecule has 0 radical (unpaired) electrons. The molecule has 0 unspecified atom stereocenters. The third kappa shape index (κ3) is 4.21. The van der Waals surface area contributed by atoms with Crippen LogP contribution in [0, 0.1) is 0 Å². The molecule has 0 bridgehead atoms. The van der Waals surface area contributed by atoms with Crippen LogP contribution in [0.3, 0.4) is 0 Å². The van der Waals surface area contributed by atoms with Gasteiger partial charge in [-0.3, -0.25) is 4.98 Å². The Kier molecular flexibility index (Phi) is 6.51. The number of rotatable bonds is 6. The molecule has 2 heterocycles. The maximum absolute atomic E-state index is 5.39. The lowest BCUT2D eigenvalue weighted by atomic mass is 10.1. The molecule has 0 aliphatic heterocycles. The van der Waals surface area contributed by atoms with Gasteiger partial charge in [0.2, 0.25) is 8.07 Å². The zero-order valence-electron chi connectivity index (χ0n) is 24.2. The maximum atomic E-state index is 5.39. The molecule has 8 aromatic rings. The number of benzene rings is 6. The summed E-state index contributed by atoms with van der Waals surface area (Å²) in [5, 5.41) is 7.43. The van der Waals surface area contributed by atoms with Gasteiger partial charge < -0.3 is 4.57 Å². The van der Waals surface area contributed by atoms with Gasteiger partial charge in [-0.2, -0.15) is 0 Å². The topological polar surface area (TPSA) is 17.8 Å². The second kappa shape index (κ2) is 11.0. The van der Waals surface area contributed by atoms with Gasteiger partial charge in [-0.1, -0.05) is 152 Å². The number of aromatic nitrogens is 2. The highest BCUT2D eigenvalue weighted by Gasteiger charge is 2.43. The Labute approximate surface area is 258 Å². The van der Waals surface area contributed by atoms with Crippen molar-refractivity contribution in [1.29, 1.82) is 0 Å². The second-order valence-electron chi connectivity index (χ2n) is 11.2. The summed E-state index contributed by atoms with van der Waals surface area (Å²) in [6, 6.07) is 63.6. The SMILES string of the molecule is c1ccc(-c2ccc([Si](c3ccccc3)(c3ccccc3)c3cc4c(cn3)c3ccccc3n4-c3ccccc3)cc2)cc1. The number of fused-ring (bicyclic) bond motifs is 3. The van der Waals surface area contributed by atoms with Crippen molar-refractivity contribution < 1.29 is 0 Å². The summed E-state index contributed by atoms with van der Waals surface area (Å²) >= 11 is 0. The molecular formula is C41H30N2Si. The highest BCUT2D eigenvalue weighted by atomic mass is 28.3. The van der Waals surface area contributed by atoms with Crippen molar-refractivity contribution in [3.63, 3.8) is 0 Å². The van der Waals surface area contributed by atoms with Crippen molar-refractivity contribution in [2.45, 2.75) is 0 Å². The van der Waals surface area contributed by atoms with E-state index >= 15 is 0 Å². The molecule has 2 nitrogen and oxygen atoms in total. The van der Waals surface area contributed by atoms with E-state index in [4.69, 9.17) is 4.98 Å². The Morgan fingerprint density at radius 1 is 0.409 bits per heavy atom. The van der Waals surface area contributed by atoms with Crippen LogP contribution in [0.1, 0.15) is 0 Å². The fraction of sp³-hybridized carbons (Fsp3) is 0. The standard InChI is InChI=1S/C41H30N2Si/c1-5-15-31(16-6-1)32-25-27-36(28-26-32)44(34-19-9-3-10-20-34,35-21-11-4-12-22-35)41-29-40-38(30-42-41)37-23-13-14-24-39(37)43(40)33-17-7-2-8-18-33/h1-30H. The third-order valence-corrected chi connectivity index (χ3v) is 13.4. The molecule has 0 spiro atoms. The highest BCUT2D eigenvalue weighted by molar-refractivity contribution is 7.19. The molecule has 0 fully saturated rings. The minimum absolute atomic E-state index is 1.12. The van der Waals surface area contributed by atoms with E-state index in [9.17, 15) is 0 Å². The summed E-state index contributed by atoms with van der Waals surface area (Å²) in [6.07, 6.45) is 2.11. The fourth-order valence-electron chi connectivity index (χ4n) is 6.79. The van der Waals surface area contributed by atoms with E-state index in [-0.39, 0.29) is 0 Å². The minimum Gasteiger partial charge on any atom is -0.309 e. The summed E-state index contributed by atoms with van der Waals surface area (Å²) < 4.78 is 2.39. The molecule has 8 rings (SSSR count). The van der Waals surface area contributed by atoms with Gasteiger partial charge in [0.05, 0.1) is 11.0 Å². The third-order valence-electron chi connectivity index (χ3n) is 8.80. The van der Waals surface area contributed by atoms with Crippen LogP contribution in [0.5, 0.6) is 0 Å². The average molecular weight is 579 g/mol. The van der Waals surface area contributed by atoms with Crippen molar-refractivity contribution in [2.24, 2.45) is 0 Å². The lowest BCUT2D eigenvalue weighted by Gasteiger charge is -2.33. The Hall–Kier alpha value is -5.51. The van der Waals surface area contributed by atoms with Gasteiger partial charge >= 0.3 is 0 Å². The number of hydrogen-bond donors (Lipinski definition) is 0. The van der Waals surface area contributed by atoms with Crippen LogP contribution in [0.15, 0.2) is 182 Å². The quantitative estimate of drug-likeness (QED) is 0.150. The van der Waals surface area contributed by atoms with Crippen molar-refractivity contribution in [3.8, 4) is 16.8 Å². The Bertz CT molecular complexity index is 2150. The van der Waals surface area contributed by atoms with E-state index in [0.29, 0.717) is 0 Å². The van der Waals surface area contributed by atoms with Crippen LogP contribution >= 0.6 is 0 Å². The van der Waals surface area contributed by atoms with Gasteiger partial charge in [0.15, 0.2) is 0 Å². The zero-order chi connectivity index (χ0) is 29.3. The van der Waals surface area contributed by atoms with Gasteiger partial charge in [-0.25, -0.2) is 0 Å². The van der Waals surface area contributed by atoms with Crippen molar-refractivity contribution in [3.05, 3.63) is 182 Å². The average Bonchev–Trinajstić information content (AvgIpc) is 3.44. The van der Waals surface area contributed by atoms with Crippen LogP contribution in [-0.2, 0) is 0 Å². The highest BCUT2D eigenvalue weighted by Crippen LogP contribution is 2.31. The molecule has 6 aromatic carbocycles. The first-order valence-corrected chi connectivity index (χ1v) is 17.1. The van der Waals surface area contributed by atoms with E-state index < -0.39 is 8.07 Å². The predicted molar refractivity (Wildman–Crippen MR) is 188 cm³/mol. The van der Waals surface area contributed by atoms with Gasteiger partial charge in [-0.15, -0.1) is 0 Å². The molecule has 0 aliphatic carbocycles. The molecule has 0 N–H and O–H groups in total. The molecular weight excluding hydrogens is 549 g/mol. The van der Waals surface area contributed by atoms with E-state index in [0.717, 1.165) is 16.4 Å². The summed E-state index contributed by atoms with van der Waals surface area (Å²) in [4.78, 5) is 5.39. The fourth-order valence-corrected chi connectivity index (χ4v) is 11.3. The first-order valence-electron chi connectivity index (χ1n) is 15.1. The monoisotopic (exact) mass is 578 g/mol. The zero-order valence-corrected chi connectivity index (χ0v) is 25.2. The summed E-state index contributed by atoms with van der Waals surface area (Å²) in [6.45, 7) is 0. The van der Waals surface area contributed by atoms with Crippen LogP contribution in [0.25, 0.3) is 38.6 Å². The molecule has 3 heteroatoms. The second-order valence-corrected chi connectivity index (χ2v) is 14.9. The minimum atomic E-state index is -2.84. The van der Waals surface area contributed by atoms with Crippen LogP contribution in [0.4, 0.5) is 0 Å². The normalized spacial score (nSPS) is 11.6. The van der Waals surface area contributed by atoms with E-state index in [1.807, 2.05) is 0 Å². The molecule has 0 amide bonds. The van der Waals surface area contributed by atoms with Gasteiger partial charge in [0.1, 0.15) is 0 Å². The van der Waals surface area contributed by atoms with E-state index in [1.165, 1.54) is 43.1 Å². The predicted octanol–water partition coefficient (Wildman–Crippen LogP) is 7.22. The molecule has 0 atom stereocenters. The first-order chi connectivity index (χ1) is 21.8. The number of hydrogen-bond acceptors (Lipinski definition) is 1. The van der Waals surface area contributed by atoms with Gasteiger partial charge in [0, 0.05) is 28.0 Å². The lowest BCUT2D eigenvalue weighted by molar-refractivity contribution is 1.18. The first kappa shape index (κ1) is 26.1. The molecule has 0 aliphatic rings. The number of pyridine rings is 1. The van der Waals surface area contributed by atoms with Gasteiger partial charge in [0.25, 0.3) is 0 Å². The molecule has 44 heavy (non-hydrogen) atoms. The molecule has 0 saturated heterocycles. The van der Waals surface area contributed by atoms with Crippen molar-refractivity contribution in [2.75, 3.05) is 0 Å². The molecule has 208 valence electrons. The Balaban J connectivity index is 1.46. The largest absolute Gasteiger partial charge is 0.309 e. The number of nitrogens with zero attached hydrogens (tertiary/aromatic N) is 2. The maximum Gasteiger partial charge on any atom is 0.201 e. The Morgan fingerprint density at radius 3 is 1.55 bits per heavy atom. The summed E-state index contributed by atoms with van der Waals surface area (Å²) in [5.41, 5.74) is 5.94. The van der Waals surface area contributed by atoms with Gasteiger partial charge in [-0.05, 0) is 51.0 Å². The molecule has 0 saturated carbocycles.